The third-order valence-electron chi connectivity index (χ3n) is 4.35. The fraction of sp³-hybridized carbons (Fsp3) is 0.500. The molecule has 4 heteroatoms. The molecule has 1 saturated heterocycles. The highest BCUT2D eigenvalue weighted by molar-refractivity contribution is 5.78. The first-order valence-corrected chi connectivity index (χ1v) is 7.92. The summed E-state index contributed by atoms with van der Waals surface area (Å²) < 4.78 is 0. The maximum atomic E-state index is 12.1. The number of aliphatic hydroxyl groups is 1. The van der Waals surface area contributed by atoms with E-state index in [1.165, 1.54) is 0 Å². The standard InChI is InChI=1S/C18H26N2O2/c1-2-9-18(15-21)10-6-11-20(14-18)13-17(22)19-12-16-7-4-3-5-8-16/h2-5,7-8,21H,1,6,9-15H2,(H,19,22)/t18-/m0/s1. The van der Waals surface area contributed by atoms with E-state index >= 15 is 0 Å². The molecule has 0 aliphatic carbocycles. The third-order valence-corrected chi connectivity index (χ3v) is 4.35. The van der Waals surface area contributed by atoms with Crippen LogP contribution in [0.25, 0.3) is 0 Å². The van der Waals surface area contributed by atoms with Crippen molar-refractivity contribution in [3.8, 4) is 0 Å². The summed E-state index contributed by atoms with van der Waals surface area (Å²) in [6.07, 6.45) is 4.68. The average Bonchev–Trinajstić information content (AvgIpc) is 2.54. The maximum Gasteiger partial charge on any atom is 0.234 e. The zero-order valence-corrected chi connectivity index (χ0v) is 13.1. The van der Waals surface area contributed by atoms with E-state index in [1.54, 1.807) is 0 Å². The van der Waals surface area contributed by atoms with E-state index in [9.17, 15) is 9.90 Å². The van der Waals surface area contributed by atoms with Crippen molar-refractivity contribution >= 4 is 5.91 Å². The van der Waals surface area contributed by atoms with Gasteiger partial charge in [0.25, 0.3) is 0 Å². The van der Waals surface area contributed by atoms with Gasteiger partial charge in [0.15, 0.2) is 0 Å². The van der Waals surface area contributed by atoms with Crippen LogP contribution in [0, 0.1) is 5.41 Å². The van der Waals surface area contributed by atoms with Gasteiger partial charge in [-0.1, -0.05) is 36.4 Å². The van der Waals surface area contributed by atoms with Gasteiger partial charge in [-0.15, -0.1) is 6.58 Å². The van der Waals surface area contributed by atoms with Crippen LogP contribution in [-0.4, -0.2) is 42.2 Å². The molecule has 0 radical (unpaired) electrons. The number of benzene rings is 1. The van der Waals surface area contributed by atoms with E-state index in [2.05, 4.69) is 16.8 Å². The molecule has 2 rings (SSSR count). The lowest BCUT2D eigenvalue weighted by molar-refractivity contribution is -0.123. The molecule has 22 heavy (non-hydrogen) atoms. The number of nitrogens with zero attached hydrogens (tertiary/aromatic N) is 1. The molecule has 0 spiro atoms. The molecule has 4 nitrogen and oxygen atoms in total. The molecular formula is C18H26N2O2. The van der Waals surface area contributed by atoms with Gasteiger partial charge < -0.3 is 10.4 Å². The van der Waals surface area contributed by atoms with Crippen LogP contribution in [0.15, 0.2) is 43.0 Å². The Morgan fingerprint density at radius 1 is 1.41 bits per heavy atom. The van der Waals surface area contributed by atoms with Crippen LogP contribution < -0.4 is 5.32 Å². The smallest absolute Gasteiger partial charge is 0.234 e. The Hall–Kier alpha value is -1.65. The second kappa shape index (κ2) is 8.11. The van der Waals surface area contributed by atoms with Gasteiger partial charge in [0.2, 0.25) is 5.91 Å². The second-order valence-corrected chi connectivity index (χ2v) is 6.23. The molecule has 1 fully saturated rings. The third kappa shape index (κ3) is 4.68. The highest BCUT2D eigenvalue weighted by Crippen LogP contribution is 2.33. The topological polar surface area (TPSA) is 52.6 Å². The first-order chi connectivity index (χ1) is 10.7. The molecule has 1 heterocycles. The van der Waals surface area contributed by atoms with Gasteiger partial charge in [-0.3, -0.25) is 9.69 Å². The number of carbonyl (C=O) groups is 1. The number of aliphatic hydroxyl groups excluding tert-OH is 1. The first kappa shape index (κ1) is 16.7. The molecule has 2 N–H and O–H groups in total. The van der Waals surface area contributed by atoms with Crippen molar-refractivity contribution in [3.63, 3.8) is 0 Å². The molecule has 1 aromatic carbocycles. The van der Waals surface area contributed by atoms with Gasteiger partial charge in [0.1, 0.15) is 0 Å². The van der Waals surface area contributed by atoms with E-state index in [0.717, 1.165) is 37.9 Å². The summed E-state index contributed by atoms with van der Waals surface area (Å²) in [5, 5.41) is 12.7. The minimum absolute atomic E-state index is 0.0381. The zero-order chi connectivity index (χ0) is 15.8. The van der Waals surface area contributed by atoms with Crippen molar-refractivity contribution in [1.82, 2.24) is 10.2 Å². The number of carbonyl (C=O) groups excluding carboxylic acids is 1. The quantitative estimate of drug-likeness (QED) is 0.757. The molecule has 1 aromatic rings. The number of allylic oxidation sites excluding steroid dienone is 1. The zero-order valence-electron chi connectivity index (χ0n) is 13.1. The highest BCUT2D eigenvalue weighted by atomic mass is 16.3. The maximum absolute atomic E-state index is 12.1. The Morgan fingerprint density at radius 2 is 2.18 bits per heavy atom. The summed E-state index contributed by atoms with van der Waals surface area (Å²) in [5.74, 6) is 0.0381. The van der Waals surface area contributed by atoms with Gasteiger partial charge in [-0.05, 0) is 31.4 Å². The van der Waals surface area contributed by atoms with Crippen molar-refractivity contribution in [2.24, 2.45) is 5.41 Å². The molecule has 0 aromatic heterocycles. The normalized spacial score (nSPS) is 22.2. The van der Waals surface area contributed by atoms with Crippen LogP contribution in [0.4, 0.5) is 0 Å². The van der Waals surface area contributed by atoms with Crippen LogP contribution in [0.1, 0.15) is 24.8 Å². The number of nitrogens with one attached hydrogen (secondary N) is 1. The Kier molecular flexibility index (Phi) is 6.16. The molecule has 1 aliphatic heterocycles. The number of rotatable bonds is 7. The molecule has 0 unspecified atom stereocenters. The van der Waals surface area contributed by atoms with Crippen molar-refractivity contribution in [2.75, 3.05) is 26.2 Å². The van der Waals surface area contributed by atoms with Crippen LogP contribution in [0.2, 0.25) is 0 Å². The van der Waals surface area contributed by atoms with Crippen molar-refractivity contribution < 1.29 is 9.90 Å². The van der Waals surface area contributed by atoms with Gasteiger partial charge in [0, 0.05) is 18.5 Å². The summed E-state index contributed by atoms with van der Waals surface area (Å²) in [6.45, 7) is 6.57. The van der Waals surface area contributed by atoms with Crippen LogP contribution >= 0.6 is 0 Å². The summed E-state index contributed by atoms with van der Waals surface area (Å²) in [4.78, 5) is 14.2. The Labute approximate surface area is 132 Å². The van der Waals surface area contributed by atoms with Crippen LogP contribution in [0.5, 0.6) is 0 Å². The van der Waals surface area contributed by atoms with Crippen LogP contribution in [0.3, 0.4) is 0 Å². The predicted octanol–water partition coefficient (Wildman–Crippen LogP) is 1.95. The molecule has 0 saturated carbocycles. The first-order valence-electron chi connectivity index (χ1n) is 7.92. The number of amides is 1. The molecule has 120 valence electrons. The van der Waals surface area contributed by atoms with E-state index in [1.807, 2.05) is 36.4 Å². The van der Waals surface area contributed by atoms with E-state index in [0.29, 0.717) is 13.1 Å². The SMILES string of the molecule is C=CC[C@]1(CO)CCCN(CC(=O)NCc2ccccc2)C1. The number of piperidine rings is 1. The Balaban J connectivity index is 1.82. The summed E-state index contributed by atoms with van der Waals surface area (Å²) in [5.41, 5.74) is 0.977. The molecule has 1 aliphatic rings. The Morgan fingerprint density at radius 3 is 2.86 bits per heavy atom. The lowest BCUT2D eigenvalue weighted by atomic mass is 9.78. The molecular weight excluding hydrogens is 276 g/mol. The molecule has 1 amide bonds. The lowest BCUT2D eigenvalue weighted by Gasteiger charge is -2.41. The van der Waals surface area contributed by atoms with E-state index in [-0.39, 0.29) is 17.9 Å². The summed E-state index contributed by atoms with van der Waals surface area (Å²) in [6, 6.07) is 9.91. The van der Waals surface area contributed by atoms with Crippen molar-refractivity contribution in [1.29, 1.82) is 0 Å². The van der Waals surface area contributed by atoms with Gasteiger partial charge >= 0.3 is 0 Å². The summed E-state index contributed by atoms with van der Waals surface area (Å²) in [7, 11) is 0. The monoisotopic (exact) mass is 302 g/mol. The van der Waals surface area contributed by atoms with Gasteiger partial charge in [-0.2, -0.15) is 0 Å². The minimum Gasteiger partial charge on any atom is -0.396 e. The fourth-order valence-electron chi connectivity index (χ4n) is 3.17. The predicted molar refractivity (Wildman–Crippen MR) is 88.3 cm³/mol. The average molecular weight is 302 g/mol. The molecule has 1 atom stereocenters. The minimum atomic E-state index is -0.125. The highest BCUT2D eigenvalue weighted by Gasteiger charge is 2.34. The summed E-state index contributed by atoms with van der Waals surface area (Å²) >= 11 is 0. The number of likely N-dealkylation sites (tertiary alicyclic amines) is 1. The van der Waals surface area contributed by atoms with Gasteiger partial charge in [-0.25, -0.2) is 0 Å². The molecule has 0 bridgehead atoms. The second-order valence-electron chi connectivity index (χ2n) is 6.23. The number of hydrogen-bond acceptors (Lipinski definition) is 3. The Bertz CT molecular complexity index is 489. The lowest BCUT2D eigenvalue weighted by Crippen LogP contribution is -2.48. The largest absolute Gasteiger partial charge is 0.396 e. The van der Waals surface area contributed by atoms with E-state index < -0.39 is 0 Å². The number of hydrogen-bond donors (Lipinski definition) is 2. The van der Waals surface area contributed by atoms with Crippen LogP contribution in [-0.2, 0) is 11.3 Å². The van der Waals surface area contributed by atoms with Gasteiger partial charge in [0.05, 0.1) is 13.2 Å². The van der Waals surface area contributed by atoms with Crippen molar-refractivity contribution in [2.45, 2.75) is 25.8 Å². The van der Waals surface area contributed by atoms with Crippen molar-refractivity contribution in [3.05, 3.63) is 48.6 Å². The fourth-order valence-corrected chi connectivity index (χ4v) is 3.17. The van der Waals surface area contributed by atoms with E-state index in [4.69, 9.17) is 0 Å².